The average Bonchev–Trinajstić information content (AvgIpc) is 3.15. The summed E-state index contributed by atoms with van der Waals surface area (Å²) < 4.78 is 27.4. The number of aryl methyl sites for hydroxylation is 2. The first-order valence-electron chi connectivity index (χ1n) is 9.83. The molecule has 28 heavy (non-hydrogen) atoms. The van der Waals surface area contributed by atoms with Crippen LogP contribution < -0.4 is 5.32 Å². The van der Waals surface area contributed by atoms with Crippen LogP contribution in [-0.2, 0) is 32.5 Å². The molecule has 0 spiro atoms. The molecule has 1 aliphatic carbocycles. The molecule has 1 atom stereocenters. The van der Waals surface area contributed by atoms with Gasteiger partial charge in [0, 0.05) is 33.1 Å². The summed E-state index contributed by atoms with van der Waals surface area (Å²) in [5, 5.41) is 2.75. The zero-order valence-corrected chi connectivity index (χ0v) is 17.6. The summed E-state index contributed by atoms with van der Waals surface area (Å²) in [5.41, 5.74) is 2.38. The Hall–Kier alpha value is -1.93. The van der Waals surface area contributed by atoms with E-state index in [0.717, 1.165) is 24.8 Å². The van der Waals surface area contributed by atoms with Crippen molar-refractivity contribution in [3.8, 4) is 0 Å². The molecule has 0 unspecified atom stereocenters. The van der Waals surface area contributed by atoms with E-state index in [0.29, 0.717) is 30.8 Å². The van der Waals surface area contributed by atoms with Gasteiger partial charge in [0.05, 0.1) is 4.90 Å². The maximum Gasteiger partial charge on any atom is 0.244 e. The molecule has 1 saturated heterocycles. The highest BCUT2D eigenvalue weighted by Crippen LogP contribution is 2.28. The maximum absolute atomic E-state index is 13.0. The molecule has 0 bridgehead atoms. The Kier molecular flexibility index (Phi) is 6.09. The standard InChI is InChI=1S/C20H29N3O4S/c1-14(20(25)22(2)3)21-19(24)16-9-11-23(12-10-16)28(26,27)18-8-7-15-5-4-6-17(15)13-18/h7-8,13-14,16H,4-6,9-12H2,1-3H3,(H,21,24)/t14-/m0/s1. The van der Waals surface area contributed by atoms with E-state index in [-0.39, 0.29) is 17.7 Å². The monoisotopic (exact) mass is 407 g/mol. The Morgan fingerprint density at radius 2 is 1.79 bits per heavy atom. The zero-order valence-electron chi connectivity index (χ0n) is 16.8. The van der Waals surface area contributed by atoms with E-state index in [1.807, 2.05) is 12.1 Å². The maximum atomic E-state index is 13.0. The van der Waals surface area contributed by atoms with E-state index in [9.17, 15) is 18.0 Å². The number of nitrogens with one attached hydrogen (secondary N) is 1. The molecule has 154 valence electrons. The minimum absolute atomic E-state index is 0.162. The molecule has 0 aromatic heterocycles. The topological polar surface area (TPSA) is 86.8 Å². The first-order chi connectivity index (χ1) is 13.2. The van der Waals surface area contributed by atoms with E-state index in [4.69, 9.17) is 0 Å². The lowest BCUT2D eigenvalue weighted by molar-refractivity contribution is -0.135. The van der Waals surface area contributed by atoms with E-state index in [1.54, 1.807) is 27.1 Å². The third-order valence-corrected chi connectivity index (χ3v) is 7.60. The van der Waals surface area contributed by atoms with Crippen molar-refractivity contribution >= 4 is 21.8 Å². The molecule has 1 aromatic rings. The molecule has 2 amide bonds. The molecule has 3 rings (SSSR count). The lowest BCUT2D eigenvalue weighted by atomic mass is 9.97. The van der Waals surface area contributed by atoms with Crippen LogP contribution in [0.1, 0.15) is 37.3 Å². The highest BCUT2D eigenvalue weighted by molar-refractivity contribution is 7.89. The van der Waals surface area contributed by atoms with Gasteiger partial charge in [-0.05, 0) is 62.3 Å². The van der Waals surface area contributed by atoms with Crippen LogP contribution in [-0.4, -0.2) is 62.7 Å². The molecule has 0 saturated carbocycles. The van der Waals surface area contributed by atoms with Crippen molar-refractivity contribution < 1.29 is 18.0 Å². The van der Waals surface area contributed by atoms with Crippen molar-refractivity contribution in [2.45, 2.75) is 50.0 Å². The highest BCUT2D eigenvalue weighted by Gasteiger charge is 2.33. The first kappa shape index (κ1) is 20.8. The van der Waals surface area contributed by atoms with Gasteiger partial charge in [-0.1, -0.05) is 6.07 Å². The Labute approximate surface area is 167 Å². The molecule has 1 fully saturated rings. The van der Waals surface area contributed by atoms with Crippen molar-refractivity contribution in [3.63, 3.8) is 0 Å². The molecular weight excluding hydrogens is 378 g/mol. The number of fused-ring (bicyclic) bond motifs is 1. The fraction of sp³-hybridized carbons (Fsp3) is 0.600. The number of nitrogens with zero attached hydrogens (tertiary/aromatic N) is 2. The summed E-state index contributed by atoms with van der Waals surface area (Å²) in [7, 11) is -0.247. The summed E-state index contributed by atoms with van der Waals surface area (Å²) in [5.74, 6) is -0.619. The van der Waals surface area contributed by atoms with Gasteiger partial charge in [-0.2, -0.15) is 4.31 Å². The Balaban J connectivity index is 1.60. The Bertz CT molecular complexity index is 858. The normalized spacial score (nSPS) is 19.1. The number of hydrogen-bond acceptors (Lipinski definition) is 4. The van der Waals surface area contributed by atoms with Crippen molar-refractivity contribution in [2.24, 2.45) is 5.92 Å². The van der Waals surface area contributed by atoms with Gasteiger partial charge in [0.15, 0.2) is 0 Å². The molecule has 2 aliphatic rings. The van der Waals surface area contributed by atoms with Crippen molar-refractivity contribution in [1.82, 2.24) is 14.5 Å². The van der Waals surface area contributed by atoms with Gasteiger partial charge in [0.2, 0.25) is 21.8 Å². The highest BCUT2D eigenvalue weighted by atomic mass is 32.2. The summed E-state index contributed by atoms with van der Waals surface area (Å²) in [4.78, 5) is 26.1. The lowest BCUT2D eigenvalue weighted by Gasteiger charge is -2.31. The van der Waals surface area contributed by atoms with Crippen LogP contribution in [0, 0.1) is 5.92 Å². The van der Waals surface area contributed by atoms with Gasteiger partial charge in [-0.3, -0.25) is 9.59 Å². The van der Waals surface area contributed by atoms with E-state index >= 15 is 0 Å². The molecule has 1 heterocycles. The Morgan fingerprint density at radius 3 is 2.43 bits per heavy atom. The minimum atomic E-state index is -3.54. The summed E-state index contributed by atoms with van der Waals surface area (Å²) >= 11 is 0. The number of piperidine rings is 1. The second-order valence-electron chi connectivity index (χ2n) is 7.93. The molecule has 0 radical (unpaired) electrons. The van der Waals surface area contributed by atoms with Crippen LogP contribution in [0.5, 0.6) is 0 Å². The molecule has 8 heteroatoms. The van der Waals surface area contributed by atoms with Crippen LogP contribution >= 0.6 is 0 Å². The van der Waals surface area contributed by atoms with E-state index < -0.39 is 16.1 Å². The Morgan fingerprint density at radius 1 is 1.14 bits per heavy atom. The lowest BCUT2D eigenvalue weighted by Crippen LogP contribution is -2.48. The van der Waals surface area contributed by atoms with Gasteiger partial charge >= 0.3 is 0 Å². The SMILES string of the molecule is C[C@H](NC(=O)C1CCN(S(=O)(=O)c2ccc3c(c2)CCC3)CC1)C(=O)N(C)C. The van der Waals surface area contributed by atoms with E-state index in [1.165, 1.54) is 14.8 Å². The third kappa shape index (κ3) is 4.22. The fourth-order valence-corrected chi connectivity index (χ4v) is 5.52. The van der Waals surface area contributed by atoms with E-state index in [2.05, 4.69) is 5.32 Å². The van der Waals surface area contributed by atoms with Crippen LogP contribution in [0.15, 0.2) is 23.1 Å². The first-order valence-corrected chi connectivity index (χ1v) is 11.3. The quantitative estimate of drug-likeness (QED) is 0.794. The number of sulfonamides is 1. The average molecular weight is 408 g/mol. The number of likely N-dealkylation sites (N-methyl/N-ethyl adjacent to an activating group) is 1. The molecule has 1 N–H and O–H groups in total. The summed E-state index contributed by atoms with van der Waals surface area (Å²) in [6.07, 6.45) is 3.95. The largest absolute Gasteiger partial charge is 0.347 e. The van der Waals surface area contributed by atoms with Crippen LogP contribution in [0.3, 0.4) is 0 Å². The number of benzene rings is 1. The van der Waals surface area contributed by atoms with Crippen LogP contribution in [0.2, 0.25) is 0 Å². The van der Waals surface area contributed by atoms with Gasteiger partial charge < -0.3 is 10.2 Å². The fourth-order valence-electron chi connectivity index (χ4n) is 4.00. The predicted octanol–water partition coefficient (Wildman–Crippen LogP) is 1.17. The number of hydrogen-bond donors (Lipinski definition) is 1. The second kappa shape index (κ2) is 8.21. The predicted molar refractivity (Wildman–Crippen MR) is 106 cm³/mol. The molecule has 1 aromatic carbocycles. The van der Waals surface area contributed by atoms with Gasteiger partial charge in [0.1, 0.15) is 6.04 Å². The third-order valence-electron chi connectivity index (χ3n) is 5.70. The number of rotatable bonds is 5. The zero-order chi connectivity index (χ0) is 20.5. The number of carbonyl (C=O) groups is 2. The van der Waals surface area contributed by atoms with Gasteiger partial charge in [-0.15, -0.1) is 0 Å². The van der Waals surface area contributed by atoms with Crippen molar-refractivity contribution in [3.05, 3.63) is 29.3 Å². The summed E-state index contributed by atoms with van der Waals surface area (Å²) in [6, 6.07) is 4.85. The minimum Gasteiger partial charge on any atom is -0.347 e. The number of carbonyl (C=O) groups excluding carboxylic acids is 2. The summed E-state index contributed by atoms with van der Waals surface area (Å²) in [6.45, 7) is 2.29. The number of amides is 2. The van der Waals surface area contributed by atoms with Gasteiger partial charge in [0.25, 0.3) is 0 Å². The smallest absolute Gasteiger partial charge is 0.244 e. The van der Waals surface area contributed by atoms with Crippen molar-refractivity contribution in [1.29, 1.82) is 0 Å². The van der Waals surface area contributed by atoms with Crippen LogP contribution in [0.4, 0.5) is 0 Å². The second-order valence-corrected chi connectivity index (χ2v) is 9.86. The van der Waals surface area contributed by atoms with Crippen LogP contribution in [0.25, 0.3) is 0 Å². The molecule has 1 aliphatic heterocycles. The molecule has 7 nitrogen and oxygen atoms in total. The van der Waals surface area contributed by atoms with Crippen molar-refractivity contribution in [2.75, 3.05) is 27.2 Å². The molecular formula is C20H29N3O4S. The van der Waals surface area contributed by atoms with Gasteiger partial charge in [-0.25, -0.2) is 8.42 Å².